The molecule has 2 N–H and O–H groups in total. The zero-order valence-corrected chi connectivity index (χ0v) is 8.74. The number of anilines is 1. The minimum Gasteiger partial charge on any atom is -0.429 e. The fourth-order valence-electron chi connectivity index (χ4n) is 1.43. The molecule has 15 heavy (non-hydrogen) atoms. The molecule has 0 spiro atoms. The number of nitrogens with zero attached hydrogens (tertiary/aromatic N) is 1. The summed E-state index contributed by atoms with van der Waals surface area (Å²) in [6.45, 7) is 0.803. The van der Waals surface area contributed by atoms with Crippen LogP contribution in [0.4, 0.5) is 5.88 Å². The Kier molecular flexibility index (Phi) is 2.95. The first-order valence-electron chi connectivity index (χ1n) is 4.58. The maximum atomic E-state index is 11.5. The van der Waals surface area contributed by atoms with Gasteiger partial charge in [-0.15, -0.1) is 0 Å². The van der Waals surface area contributed by atoms with Gasteiger partial charge in [0.05, 0.1) is 12.6 Å². The first kappa shape index (κ1) is 10.5. The molecule has 2 rings (SSSR count). The van der Waals surface area contributed by atoms with Gasteiger partial charge in [0.15, 0.2) is 5.22 Å². The molecule has 0 aliphatic carbocycles. The number of carbonyl (C=O) groups is 1. The number of hydrogen-bond donors (Lipinski definition) is 1. The maximum Gasteiger partial charge on any atom is 0.255 e. The summed E-state index contributed by atoms with van der Waals surface area (Å²) in [6.07, 6.45) is -0.147. The second-order valence-corrected chi connectivity index (χ2v) is 3.62. The smallest absolute Gasteiger partial charge is 0.255 e. The molecule has 0 radical (unpaired) electrons. The predicted octanol–water partition coefficient (Wildman–Crippen LogP) is 0.623. The van der Waals surface area contributed by atoms with E-state index in [1.807, 2.05) is 0 Å². The summed E-state index contributed by atoms with van der Waals surface area (Å²) in [6, 6.07) is 3.25. The highest BCUT2D eigenvalue weighted by atomic mass is 35.5. The Balaban J connectivity index is 2.15. The second kappa shape index (κ2) is 4.22. The predicted molar refractivity (Wildman–Crippen MR) is 54.9 cm³/mol. The first-order chi connectivity index (χ1) is 7.20. The van der Waals surface area contributed by atoms with Crippen LogP contribution in [0.5, 0.6) is 0 Å². The van der Waals surface area contributed by atoms with Crippen LogP contribution >= 0.6 is 11.6 Å². The molecular formula is C9H11ClN2O3. The van der Waals surface area contributed by atoms with Gasteiger partial charge in [0, 0.05) is 12.6 Å². The summed E-state index contributed by atoms with van der Waals surface area (Å²) in [7, 11) is 0. The van der Waals surface area contributed by atoms with E-state index in [1.54, 1.807) is 12.1 Å². The summed E-state index contributed by atoms with van der Waals surface area (Å²) in [4.78, 5) is 13.0. The average Bonchev–Trinajstić information content (AvgIpc) is 2.65. The van der Waals surface area contributed by atoms with Gasteiger partial charge in [-0.2, -0.15) is 0 Å². The molecule has 0 bridgehead atoms. The van der Waals surface area contributed by atoms with Crippen molar-refractivity contribution in [1.82, 2.24) is 0 Å². The third-order valence-electron chi connectivity index (χ3n) is 2.22. The number of ether oxygens (including phenoxy) is 1. The van der Waals surface area contributed by atoms with E-state index in [-0.39, 0.29) is 23.8 Å². The summed E-state index contributed by atoms with van der Waals surface area (Å²) in [5.74, 6) is 0.289. The Bertz CT molecular complexity index is 366. The first-order valence-corrected chi connectivity index (χ1v) is 4.96. The van der Waals surface area contributed by atoms with E-state index in [4.69, 9.17) is 26.5 Å². The molecule has 1 unspecified atom stereocenters. The van der Waals surface area contributed by atoms with E-state index in [0.717, 1.165) is 0 Å². The molecule has 1 aliphatic rings. The van der Waals surface area contributed by atoms with E-state index in [0.29, 0.717) is 19.0 Å². The monoisotopic (exact) mass is 230 g/mol. The third kappa shape index (κ3) is 2.14. The molecule has 1 amide bonds. The molecule has 1 aromatic rings. The van der Waals surface area contributed by atoms with Gasteiger partial charge < -0.3 is 14.9 Å². The molecule has 5 nitrogen and oxygen atoms in total. The normalized spacial score (nSPS) is 22.1. The van der Waals surface area contributed by atoms with Crippen LogP contribution in [0.2, 0.25) is 5.22 Å². The molecule has 1 atom stereocenters. The maximum absolute atomic E-state index is 11.5. The van der Waals surface area contributed by atoms with Crippen molar-refractivity contribution >= 4 is 23.4 Å². The van der Waals surface area contributed by atoms with Crippen molar-refractivity contribution in [1.29, 1.82) is 0 Å². The van der Waals surface area contributed by atoms with Crippen molar-refractivity contribution in [2.45, 2.75) is 6.10 Å². The zero-order valence-electron chi connectivity index (χ0n) is 7.98. The molecule has 1 fully saturated rings. The fraction of sp³-hybridized carbons (Fsp3) is 0.444. The summed E-state index contributed by atoms with van der Waals surface area (Å²) < 4.78 is 10.4. The lowest BCUT2D eigenvalue weighted by Crippen LogP contribution is -2.49. The van der Waals surface area contributed by atoms with Crippen LogP contribution in [0, 0.1) is 0 Å². The van der Waals surface area contributed by atoms with Crippen molar-refractivity contribution in [3.05, 3.63) is 17.4 Å². The number of amides is 1. The minimum absolute atomic E-state index is 0.0280. The standard InChI is InChI=1S/C9H11ClN2O3/c10-7-1-2-9(15-7)12-4-6(3-11)14-5-8(12)13/h1-2,6H,3-5,11H2. The molecule has 2 heterocycles. The number of rotatable bonds is 2. The van der Waals surface area contributed by atoms with Gasteiger partial charge in [0.1, 0.15) is 6.61 Å². The van der Waals surface area contributed by atoms with E-state index in [2.05, 4.69) is 0 Å². The molecule has 82 valence electrons. The Morgan fingerprint density at radius 3 is 3.00 bits per heavy atom. The van der Waals surface area contributed by atoms with Crippen molar-refractivity contribution in [2.75, 3.05) is 24.6 Å². The van der Waals surface area contributed by atoms with Crippen LogP contribution in [0.1, 0.15) is 0 Å². The van der Waals surface area contributed by atoms with Gasteiger partial charge >= 0.3 is 0 Å². The van der Waals surface area contributed by atoms with Crippen LogP contribution < -0.4 is 10.6 Å². The SMILES string of the molecule is NCC1CN(c2ccc(Cl)o2)C(=O)CO1. The third-order valence-corrected chi connectivity index (χ3v) is 2.42. The molecule has 1 aliphatic heterocycles. The largest absolute Gasteiger partial charge is 0.429 e. The molecular weight excluding hydrogens is 220 g/mol. The van der Waals surface area contributed by atoms with Gasteiger partial charge in [0.25, 0.3) is 5.91 Å². The quantitative estimate of drug-likeness (QED) is 0.809. The number of halogens is 1. The number of morpholine rings is 1. The summed E-state index contributed by atoms with van der Waals surface area (Å²) in [5, 5.41) is 0.258. The summed E-state index contributed by atoms with van der Waals surface area (Å²) in [5.41, 5.74) is 5.47. The zero-order chi connectivity index (χ0) is 10.8. The molecule has 1 saturated heterocycles. The van der Waals surface area contributed by atoms with E-state index in [1.165, 1.54) is 4.90 Å². The fourth-order valence-corrected chi connectivity index (χ4v) is 1.57. The van der Waals surface area contributed by atoms with Crippen molar-refractivity contribution in [3.63, 3.8) is 0 Å². The highest BCUT2D eigenvalue weighted by Gasteiger charge is 2.28. The number of carbonyl (C=O) groups excluding carboxylic acids is 1. The highest BCUT2D eigenvalue weighted by molar-refractivity contribution is 6.29. The molecule has 0 aromatic carbocycles. The minimum atomic E-state index is -0.147. The van der Waals surface area contributed by atoms with Gasteiger partial charge in [-0.25, -0.2) is 0 Å². The lowest BCUT2D eigenvalue weighted by Gasteiger charge is -2.30. The molecule has 1 aromatic heterocycles. The second-order valence-electron chi connectivity index (χ2n) is 3.25. The Morgan fingerprint density at radius 1 is 1.60 bits per heavy atom. The van der Waals surface area contributed by atoms with Gasteiger partial charge in [-0.1, -0.05) is 0 Å². The Morgan fingerprint density at radius 2 is 2.40 bits per heavy atom. The number of nitrogens with two attached hydrogens (primary N) is 1. The van der Waals surface area contributed by atoms with Crippen molar-refractivity contribution < 1.29 is 13.9 Å². The number of furan rings is 1. The topological polar surface area (TPSA) is 68.7 Å². The van der Waals surface area contributed by atoms with E-state index >= 15 is 0 Å². The van der Waals surface area contributed by atoms with Crippen LogP contribution in [0.15, 0.2) is 16.5 Å². The van der Waals surface area contributed by atoms with Gasteiger partial charge in [-0.05, 0) is 17.7 Å². The van der Waals surface area contributed by atoms with Crippen LogP contribution in [-0.4, -0.2) is 31.7 Å². The summed E-state index contributed by atoms with van der Waals surface area (Å²) >= 11 is 5.64. The van der Waals surface area contributed by atoms with Gasteiger partial charge in [-0.3, -0.25) is 9.69 Å². The average molecular weight is 231 g/mol. The van der Waals surface area contributed by atoms with Crippen LogP contribution in [0.3, 0.4) is 0 Å². The Labute approximate surface area is 91.7 Å². The molecule has 6 heteroatoms. The molecule has 0 saturated carbocycles. The Hall–Kier alpha value is -1.04. The van der Waals surface area contributed by atoms with E-state index < -0.39 is 0 Å². The lowest BCUT2D eigenvalue weighted by molar-refractivity contribution is -0.129. The lowest BCUT2D eigenvalue weighted by atomic mass is 10.2. The van der Waals surface area contributed by atoms with Crippen molar-refractivity contribution in [2.24, 2.45) is 5.73 Å². The number of hydrogen-bond acceptors (Lipinski definition) is 4. The van der Waals surface area contributed by atoms with Crippen molar-refractivity contribution in [3.8, 4) is 0 Å². The highest BCUT2D eigenvalue weighted by Crippen LogP contribution is 2.24. The van der Waals surface area contributed by atoms with Crippen LogP contribution in [0.25, 0.3) is 0 Å². The van der Waals surface area contributed by atoms with E-state index in [9.17, 15) is 4.79 Å². The van der Waals surface area contributed by atoms with Gasteiger partial charge in [0.2, 0.25) is 5.88 Å². The van der Waals surface area contributed by atoms with Crippen LogP contribution in [-0.2, 0) is 9.53 Å².